The van der Waals surface area contributed by atoms with Crippen molar-refractivity contribution < 1.29 is 22.6 Å². The van der Waals surface area contributed by atoms with Crippen LogP contribution in [0.15, 0.2) is 30.3 Å². The van der Waals surface area contributed by atoms with Gasteiger partial charge in [-0.1, -0.05) is 12.1 Å². The van der Waals surface area contributed by atoms with Crippen molar-refractivity contribution in [3.63, 3.8) is 0 Å². The summed E-state index contributed by atoms with van der Waals surface area (Å²) in [6.45, 7) is 0. The third-order valence-electron chi connectivity index (χ3n) is 5.78. The smallest absolute Gasteiger partial charge is 0.410 e. The van der Waals surface area contributed by atoms with Gasteiger partial charge in [0.15, 0.2) is 17.5 Å². The fraction of sp³-hybridized carbons (Fsp3) is 0.476. The van der Waals surface area contributed by atoms with Crippen LogP contribution in [0.1, 0.15) is 49.0 Å². The van der Waals surface area contributed by atoms with Crippen LogP contribution >= 0.6 is 0 Å². The molecule has 0 spiro atoms. The summed E-state index contributed by atoms with van der Waals surface area (Å²) in [4.78, 5) is 0. The highest BCUT2D eigenvalue weighted by molar-refractivity contribution is 5.66. The molecule has 1 aromatic carbocycles. The Morgan fingerprint density at radius 1 is 1.17 bits per heavy atom. The van der Waals surface area contributed by atoms with Gasteiger partial charge in [-0.25, -0.2) is 4.68 Å². The van der Waals surface area contributed by atoms with Crippen LogP contribution in [-0.2, 0) is 0 Å². The molecule has 6 nitrogen and oxygen atoms in total. The Labute approximate surface area is 172 Å². The lowest BCUT2D eigenvalue weighted by atomic mass is 9.94. The van der Waals surface area contributed by atoms with E-state index in [0.29, 0.717) is 41.4 Å². The molecule has 1 aliphatic carbocycles. The molecule has 0 bridgehead atoms. The minimum absolute atomic E-state index is 0.0986. The number of aromatic nitrogens is 2. The molecule has 0 amide bonds. The Morgan fingerprint density at radius 3 is 2.57 bits per heavy atom. The zero-order chi connectivity index (χ0) is 21.5. The van der Waals surface area contributed by atoms with Gasteiger partial charge >= 0.3 is 6.18 Å². The van der Waals surface area contributed by atoms with Gasteiger partial charge in [0.25, 0.3) is 0 Å². The largest absolute Gasteiger partial charge is 0.493 e. The molecule has 0 fully saturated rings. The van der Waals surface area contributed by atoms with Crippen molar-refractivity contribution in [1.82, 2.24) is 9.78 Å². The molecule has 2 aromatic rings. The monoisotopic (exact) mass is 422 g/mol. The number of fused-ring (bicyclic) bond motifs is 1. The first kappa shape index (κ1) is 20.6. The maximum atomic E-state index is 13.9. The molecule has 2 aliphatic rings. The van der Waals surface area contributed by atoms with Gasteiger partial charge in [-0.2, -0.15) is 18.3 Å². The molecule has 3 N–H and O–H groups in total. The molecule has 0 radical (unpaired) electrons. The van der Waals surface area contributed by atoms with Crippen LogP contribution in [0.4, 0.5) is 19.0 Å². The van der Waals surface area contributed by atoms with Gasteiger partial charge in [-0.05, 0) is 42.5 Å². The van der Waals surface area contributed by atoms with Gasteiger partial charge in [0.1, 0.15) is 5.82 Å². The molecule has 9 heteroatoms. The van der Waals surface area contributed by atoms with E-state index in [1.807, 2.05) is 6.08 Å². The lowest BCUT2D eigenvalue weighted by molar-refractivity contribution is -0.173. The summed E-state index contributed by atoms with van der Waals surface area (Å²) in [5.74, 6) is 1.36. The predicted molar refractivity (Wildman–Crippen MR) is 108 cm³/mol. The number of hydrogen-bond acceptors (Lipinski definition) is 5. The van der Waals surface area contributed by atoms with E-state index < -0.39 is 18.3 Å². The van der Waals surface area contributed by atoms with Crippen molar-refractivity contribution in [1.29, 1.82) is 0 Å². The van der Waals surface area contributed by atoms with E-state index in [-0.39, 0.29) is 12.5 Å². The predicted octanol–water partition coefficient (Wildman–Crippen LogP) is 4.46. The standard InChI is InChI=1S/C21H25F3N4O2/c1-29-17-8-5-13(9-18(17)30-2)15-10-19(21(22,23)24)28-20(26-15)11-16(27-28)12-3-6-14(25)7-4-12/h3,5,8-9,11,14-15,19,26H,4,6-7,10,25H2,1-2H3/t14?,15-,19+/m0/s1. The van der Waals surface area contributed by atoms with Crippen LogP contribution in [0, 0.1) is 0 Å². The second-order valence-corrected chi connectivity index (χ2v) is 7.73. The van der Waals surface area contributed by atoms with E-state index in [9.17, 15) is 13.2 Å². The molecule has 162 valence electrons. The number of halogens is 3. The minimum atomic E-state index is -4.42. The van der Waals surface area contributed by atoms with Crippen LogP contribution in [0.3, 0.4) is 0 Å². The Hall–Kier alpha value is -2.68. The second-order valence-electron chi connectivity index (χ2n) is 7.73. The molecule has 1 aliphatic heterocycles. The highest BCUT2D eigenvalue weighted by Gasteiger charge is 2.46. The first-order chi connectivity index (χ1) is 14.3. The number of ether oxygens (including phenoxy) is 2. The molecule has 30 heavy (non-hydrogen) atoms. The van der Waals surface area contributed by atoms with E-state index >= 15 is 0 Å². The lowest BCUT2D eigenvalue weighted by Gasteiger charge is -2.33. The average Bonchev–Trinajstić information content (AvgIpc) is 3.16. The number of anilines is 1. The number of nitrogens with zero attached hydrogens (tertiary/aromatic N) is 2. The fourth-order valence-electron chi connectivity index (χ4n) is 4.11. The highest BCUT2D eigenvalue weighted by Crippen LogP contribution is 2.45. The van der Waals surface area contributed by atoms with Crippen LogP contribution in [0.2, 0.25) is 0 Å². The van der Waals surface area contributed by atoms with E-state index in [1.165, 1.54) is 14.2 Å². The first-order valence-electron chi connectivity index (χ1n) is 9.90. The number of nitrogens with two attached hydrogens (primary N) is 1. The number of allylic oxidation sites excluding steroid dienone is 1. The van der Waals surface area contributed by atoms with Crippen molar-refractivity contribution in [2.45, 2.75) is 50.0 Å². The SMILES string of the molecule is COc1ccc([C@@H]2C[C@H](C(F)(F)F)n3nc(C4=CCC(N)CC4)cc3N2)cc1OC. The number of benzene rings is 1. The van der Waals surface area contributed by atoms with Crippen molar-refractivity contribution in [3.8, 4) is 11.5 Å². The molecule has 2 heterocycles. The van der Waals surface area contributed by atoms with Gasteiger partial charge in [0, 0.05) is 18.5 Å². The fourth-order valence-corrected chi connectivity index (χ4v) is 4.11. The quantitative estimate of drug-likeness (QED) is 0.761. The summed E-state index contributed by atoms with van der Waals surface area (Å²) in [7, 11) is 3.02. The first-order valence-corrected chi connectivity index (χ1v) is 9.90. The molecule has 3 atom stereocenters. The van der Waals surface area contributed by atoms with Crippen LogP contribution in [-0.4, -0.2) is 36.2 Å². The van der Waals surface area contributed by atoms with Crippen molar-refractivity contribution in [2.75, 3.05) is 19.5 Å². The molecule has 0 saturated carbocycles. The van der Waals surface area contributed by atoms with Gasteiger partial charge in [-0.3, -0.25) is 0 Å². The number of rotatable bonds is 4. The minimum Gasteiger partial charge on any atom is -0.493 e. The van der Waals surface area contributed by atoms with Crippen molar-refractivity contribution in [2.24, 2.45) is 5.73 Å². The zero-order valence-electron chi connectivity index (χ0n) is 16.9. The van der Waals surface area contributed by atoms with E-state index in [0.717, 1.165) is 16.7 Å². The maximum absolute atomic E-state index is 13.9. The summed E-state index contributed by atoms with van der Waals surface area (Å²) >= 11 is 0. The van der Waals surface area contributed by atoms with Crippen molar-refractivity contribution >= 4 is 11.4 Å². The summed E-state index contributed by atoms with van der Waals surface area (Å²) in [6.07, 6.45) is -0.375. The normalized spacial score (nSPS) is 23.9. The molecule has 1 aromatic heterocycles. The summed E-state index contributed by atoms with van der Waals surface area (Å²) < 4.78 is 53.4. The number of methoxy groups -OCH3 is 2. The van der Waals surface area contributed by atoms with E-state index in [2.05, 4.69) is 10.4 Å². The lowest BCUT2D eigenvalue weighted by Crippen LogP contribution is -2.35. The van der Waals surface area contributed by atoms with Gasteiger partial charge in [0.2, 0.25) is 0 Å². The van der Waals surface area contributed by atoms with E-state index in [4.69, 9.17) is 15.2 Å². The zero-order valence-corrected chi connectivity index (χ0v) is 16.9. The third kappa shape index (κ3) is 3.86. The third-order valence-corrected chi connectivity index (χ3v) is 5.78. The van der Waals surface area contributed by atoms with Crippen molar-refractivity contribution in [3.05, 3.63) is 41.6 Å². The summed E-state index contributed by atoms with van der Waals surface area (Å²) in [5.41, 5.74) is 8.15. The number of alkyl halides is 3. The summed E-state index contributed by atoms with van der Waals surface area (Å²) in [6, 6.07) is 4.71. The Morgan fingerprint density at radius 2 is 1.93 bits per heavy atom. The van der Waals surface area contributed by atoms with Gasteiger partial charge < -0.3 is 20.5 Å². The van der Waals surface area contributed by atoms with Crippen LogP contribution < -0.4 is 20.5 Å². The van der Waals surface area contributed by atoms with Gasteiger partial charge in [-0.15, -0.1) is 0 Å². The van der Waals surface area contributed by atoms with Gasteiger partial charge in [0.05, 0.1) is 26.0 Å². The maximum Gasteiger partial charge on any atom is 0.410 e. The Balaban J connectivity index is 1.69. The molecule has 4 rings (SSSR count). The number of nitrogens with one attached hydrogen (secondary N) is 1. The highest BCUT2D eigenvalue weighted by atomic mass is 19.4. The Kier molecular flexibility index (Phi) is 5.40. The molecule has 1 unspecified atom stereocenters. The second kappa shape index (κ2) is 7.86. The topological polar surface area (TPSA) is 74.3 Å². The van der Waals surface area contributed by atoms with Crippen LogP contribution in [0.25, 0.3) is 5.57 Å². The van der Waals surface area contributed by atoms with E-state index in [1.54, 1.807) is 24.3 Å². The number of hydrogen-bond donors (Lipinski definition) is 2. The molecular weight excluding hydrogens is 397 g/mol. The average molecular weight is 422 g/mol. The molecular formula is C21H25F3N4O2. The Bertz CT molecular complexity index is 954. The summed E-state index contributed by atoms with van der Waals surface area (Å²) in [5, 5.41) is 7.54. The van der Waals surface area contributed by atoms with Crippen LogP contribution in [0.5, 0.6) is 11.5 Å². The molecule has 0 saturated heterocycles.